The molecular weight excluding hydrogens is 238 g/mol. The minimum absolute atomic E-state index is 1.06. The zero-order valence-electron chi connectivity index (χ0n) is 11.0. The van der Waals surface area contributed by atoms with Gasteiger partial charge >= 0.3 is 0 Å². The van der Waals surface area contributed by atoms with Crippen LogP contribution in [0.1, 0.15) is 5.56 Å². The Bertz CT molecular complexity index is 481. The van der Waals surface area contributed by atoms with Crippen LogP contribution in [0.4, 0.5) is 5.69 Å². The smallest absolute Gasteiger partial charge is 0.0393 e. The lowest BCUT2D eigenvalue weighted by atomic mass is 10.2. The molecule has 2 aromatic rings. The van der Waals surface area contributed by atoms with Gasteiger partial charge in [0.2, 0.25) is 0 Å². The fourth-order valence-electron chi connectivity index (χ4n) is 1.93. The first kappa shape index (κ1) is 13.0. The number of aryl methyl sites for hydroxylation is 1. The molecule has 0 saturated heterocycles. The summed E-state index contributed by atoms with van der Waals surface area (Å²) in [5.74, 6) is 1.11. The van der Waals surface area contributed by atoms with E-state index in [1.807, 2.05) is 11.8 Å². The van der Waals surface area contributed by atoms with Gasteiger partial charge < -0.3 is 4.90 Å². The minimum Gasteiger partial charge on any atom is -0.374 e. The van der Waals surface area contributed by atoms with Crippen LogP contribution in [-0.4, -0.2) is 19.3 Å². The lowest BCUT2D eigenvalue weighted by Gasteiger charge is -2.21. The van der Waals surface area contributed by atoms with Crippen LogP contribution >= 0.6 is 11.8 Å². The third-order valence-corrected chi connectivity index (χ3v) is 3.96. The number of benzene rings is 2. The van der Waals surface area contributed by atoms with E-state index in [1.54, 1.807) is 0 Å². The molecule has 0 radical (unpaired) electrons. The summed E-state index contributed by atoms with van der Waals surface area (Å²) in [4.78, 5) is 3.67. The molecule has 2 rings (SSSR count). The van der Waals surface area contributed by atoms with Gasteiger partial charge in [-0.3, -0.25) is 0 Å². The number of para-hydroxylation sites is 1. The maximum Gasteiger partial charge on any atom is 0.0393 e. The van der Waals surface area contributed by atoms with Crippen molar-refractivity contribution in [3.63, 3.8) is 0 Å². The van der Waals surface area contributed by atoms with Crippen molar-refractivity contribution in [2.45, 2.75) is 11.8 Å². The van der Waals surface area contributed by atoms with Crippen LogP contribution in [0.15, 0.2) is 59.5 Å². The highest BCUT2D eigenvalue weighted by atomic mass is 32.2. The minimum atomic E-state index is 1.06. The fraction of sp³-hybridized carbons (Fsp3) is 0.250. The second-order valence-corrected chi connectivity index (χ2v) is 5.54. The van der Waals surface area contributed by atoms with Gasteiger partial charge in [0, 0.05) is 29.9 Å². The molecular formula is C16H19NS. The lowest BCUT2D eigenvalue weighted by molar-refractivity contribution is 0.969. The van der Waals surface area contributed by atoms with E-state index in [1.165, 1.54) is 16.1 Å². The largest absolute Gasteiger partial charge is 0.374 e. The number of anilines is 1. The molecule has 0 aliphatic rings. The van der Waals surface area contributed by atoms with Gasteiger partial charge in [-0.1, -0.05) is 36.4 Å². The Morgan fingerprint density at radius 3 is 2.33 bits per heavy atom. The SMILES string of the molecule is Cc1ccccc1N(C)CCSc1ccccc1. The predicted octanol–water partition coefficient (Wildman–Crippen LogP) is 4.22. The van der Waals surface area contributed by atoms with Crippen LogP contribution in [-0.2, 0) is 0 Å². The van der Waals surface area contributed by atoms with Gasteiger partial charge in [0.1, 0.15) is 0 Å². The summed E-state index contributed by atoms with van der Waals surface area (Å²) in [6.45, 7) is 3.22. The molecule has 0 amide bonds. The zero-order chi connectivity index (χ0) is 12.8. The Hall–Kier alpha value is -1.41. The molecule has 18 heavy (non-hydrogen) atoms. The molecule has 1 nitrogen and oxygen atoms in total. The average Bonchev–Trinajstić information content (AvgIpc) is 2.40. The molecule has 0 fully saturated rings. The van der Waals surface area contributed by atoms with Crippen LogP contribution in [0.3, 0.4) is 0 Å². The molecule has 0 N–H and O–H groups in total. The molecule has 0 heterocycles. The van der Waals surface area contributed by atoms with Gasteiger partial charge in [-0.25, -0.2) is 0 Å². The van der Waals surface area contributed by atoms with Crippen LogP contribution < -0.4 is 4.90 Å². The highest BCUT2D eigenvalue weighted by molar-refractivity contribution is 7.99. The molecule has 2 heteroatoms. The monoisotopic (exact) mass is 257 g/mol. The van der Waals surface area contributed by atoms with E-state index in [4.69, 9.17) is 0 Å². The molecule has 0 bridgehead atoms. The second kappa shape index (κ2) is 6.50. The third-order valence-electron chi connectivity index (χ3n) is 2.97. The van der Waals surface area contributed by atoms with Gasteiger partial charge in [0.05, 0.1) is 0 Å². The first-order valence-corrected chi connectivity index (χ1v) is 7.20. The van der Waals surface area contributed by atoms with E-state index in [-0.39, 0.29) is 0 Å². The first-order valence-electron chi connectivity index (χ1n) is 6.22. The maximum atomic E-state index is 2.32. The quantitative estimate of drug-likeness (QED) is 0.738. The Balaban J connectivity index is 1.86. The van der Waals surface area contributed by atoms with Crippen molar-refractivity contribution in [2.24, 2.45) is 0 Å². The van der Waals surface area contributed by atoms with Crippen molar-refractivity contribution in [3.8, 4) is 0 Å². The third kappa shape index (κ3) is 3.54. The topological polar surface area (TPSA) is 3.24 Å². The van der Waals surface area contributed by atoms with Gasteiger partial charge in [0.25, 0.3) is 0 Å². The summed E-state index contributed by atoms with van der Waals surface area (Å²) in [6.07, 6.45) is 0. The van der Waals surface area contributed by atoms with Gasteiger partial charge in [-0.05, 0) is 30.7 Å². The van der Waals surface area contributed by atoms with Crippen LogP contribution in [0.5, 0.6) is 0 Å². The lowest BCUT2D eigenvalue weighted by Crippen LogP contribution is -2.20. The summed E-state index contributed by atoms with van der Waals surface area (Å²) in [6, 6.07) is 19.1. The van der Waals surface area contributed by atoms with Crippen molar-refractivity contribution < 1.29 is 0 Å². The molecule has 0 aliphatic heterocycles. The molecule has 94 valence electrons. The van der Waals surface area contributed by atoms with Crippen LogP contribution in [0, 0.1) is 6.92 Å². The highest BCUT2D eigenvalue weighted by Gasteiger charge is 2.03. The number of hydrogen-bond acceptors (Lipinski definition) is 2. The maximum absolute atomic E-state index is 2.32. The molecule has 0 aromatic heterocycles. The number of rotatable bonds is 5. The van der Waals surface area contributed by atoms with Crippen molar-refractivity contribution in [1.82, 2.24) is 0 Å². The summed E-state index contributed by atoms with van der Waals surface area (Å²) in [5.41, 5.74) is 2.66. The Labute approximate surface area is 114 Å². The normalized spacial score (nSPS) is 10.3. The summed E-state index contributed by atoms with van der Waals surface area (Å²) in [7, 11) is 2.16. The summed E-state index contributed by atoms with van der Waals surface area (Å²) < 4.78 is 0. The van der Waals surface area contributed by atoms with Gasteiger partial charge in [-0.15, -0.1) is 11.8 Å². The van der Waals surface area contributed by atoms with Crippen LogP contribution in [0.2, 0.25) is 0 Å². The van der Waals surface area contributed by atoms with Crippen molar-refractivity contribution in [1.29, 1.82) is 0 Å². The van der Waals surface area contributed by atoms with Crippen LogP contribution in [0.25, 0.3) is 0 Å². The van der Waals surface area contributed by atoms with E-state index < -0.39 is 0 Å². The molecule has 0 saturated carbocycles. The summed E-state index contributed by atoms with van der Waals surface area (Å²) >= 11 is 1.91. The summed E-state index contributed by atoms with van der Waals surface area (Å²) in [5, 5.41) is 0. The van der Waals surface area contributed by atoms with Crippen molar-refractivity contribution in [2.75, 3.05) is 24.2 Å². The molecule has 0 spiro atoms. The Morgan fingerprint density at radius 2 is 1.61 bits per heavy atom. The number of thioether (sulfide) groups is 1. The van der Waals surface area contributed by atoms with E-state index >= 15 is 0 Å². The van der Waals surface area contributed by atoms with E-state index in [0.29, 0.717) is 0 Å². The van der Waals surface area contributed by atoms with Crippen molar-refractivity contribution >= 4 is 17.4 Å². The molecule has 2 aromatic carbocycles. The predicted molar refractivity (Wildman–Crippen MR) is 81.6 cm³/mol. The van der Waals surface area contributed by atoms with E-state index in [0.717, 1.165) is 12.3 Å². The first-order chi connectivity index (χ1) is 8.77. The molecule has 0 atom stereocenters. The standard InChI is InChI=1S/C16H19NS/c1-14-8-6-7-11-16(14)17(2)12-13-18-15-9-4-3-5-10-15/h3-11H,12-13H2,1-2H3. The highest BCUT2D eigenvalue weighted by Crippen LogP contribution is 2.20. The molecule has 0 aliphatic carbocycles. The second-order valence-electron chi connectivity index (χ2n) is 4.37. The fourth-order valence-corrected chi connectivity index (χ4v) is 2.88. The van der Waals surface area contributed by atoms with E-state index in [2.05, 4.69) is 73.5 Å². The van der Waals surface area contributed by atoms with Gasteiger partial charge in [0.15, 0.2) is 0 Å². The van der Waals surface area contributed by atoms with Gasteiger partial charge in [-0.2, -0.15) is 0 Å². The average molecular weight is 257 g/mol. The molecule has 0 unspecified atom stereocenters. The van der Waals surface area contributed by atoms with Crippen molar-refractivity contribution in [3.05, 3.63) is 60.2 Å². The number of nitrogens with zero attached hydrogens (tertiary/aromatic N) is 1. The zero-order valence-corrected chi connectivity index (χ0v) is 11.8. The number of hydrogen-bond donors (Lipinski definition) is 0. The Morgan fingerprint density at radius 1 is 0.944 bits per heavy atom. The Kier molecular flexibility index (Phi) is 4.71. The van der Waals surface area contributed by atoms with E-state index in [9.17, 15) is 0 Å².